The zero-order valence-corrected chi connectivity index (χ0v) is 5.24. The van der Waals surface area contributed by atoms with E-state index in [1.807, 2.05) is 6.08 Å². The van der Waals surface area contributed by atoms with Crippen LogP contribution in [-0.2, 0) is 4.79 Å². The van der Waals surface area contributed by atoms with Crippen molar-refractivity contribution < 1.29 is 4.79 Å². The summed E-state index contributed by atoms with van der Waals surface area (Å²) in [5, 5.41) is 2.64. The van der Waals surface area contributed by atoms with E-state index in [0.717, 1.165) is 5.57 Å². The van der Waals surface area contributed by atoms with Gasteiger partial charge >= 0.3 is 0 Å². The normalized spacial score (nSPS) is 18.1. The minimum atomic E-state index is 0.0278. The summed E-state index contributed by atoms with van der Waals surface area (Å²) in [6.07, 6.45) is 1.86. The number of carbonyl (C=O) groups excluding carboxylic acids is 1. The van der Waals surface area contributed by atoms with Crippen molar-refractivity contribution in [2.24, 2.45) is 0 Å². The molecule has 8 heavy (non-hydrogen) atoms. The Morgan fingerprint density at radius 1 is 1.88 bits per heavy atom. The van der Waals surface area contributed by atoms with E-state index in [1.54, 1.807) is 0 Å². The summed E-state index contributed by atoms with van der Waals surface area (Å²) in [6.45, 7) is 0.675. The molecule has 0 fully saturated rings. The summed E-state index contributed by atoms with van der Waals surface area (Å²) in [5.74, 6) is 0.575. The lowest BCUT2D eigenvalue weighted by Crippen LogP contribution is -2.17. The van der Waals surface area contributed by atoms with Gasteiger partial charge in [0.2, 0.25) is 5.91 Å². The number of hydrogen-bond acceptors (Lipinski definition) is 2. The molecule has 1 aliphatic rings. The van der Waals surface area contributed by atoms with Crippen LogP contribution >= 0.6 is 12.6 Å². The standard InChI is InChI=1S/C5H7NOS/c7-5-4(3-8)1-2-6-5/h1,8H,2-3H2,(H,6,7). The summed E-state index contributed by atoms with van der Waals surface area (Å²) >= 11 is 3.95. The number of rotatable bonds is 1. The minimum absolute atomic E-state index is 0.0278. The largest absolute Gasteiger partial charge is 0.349 e. The Labute approximate surface area is 53.4 Å². The molecule has 0 unspecified atom stereocenters. The molecule has 1 N–H and O–H groups in total. The number of nitrogens with one attached hydrogen (secondary N) is 1. The molecule has 0 aliphatic carbocycles. The second-order valence-electron chi connectivity index (χ2n) is 1.60. The van der Waals surface area contributed by atoms with Gasteiger partial charge in [-0.05, 0) is 0 Å². The highest BCUT2D eigenvalue weighted by molar-refractivity contribution is 7.80. The summed E-state index contributed by atoms with van der Waals surface area (Å²) in [6, 6.07) is 0. The van der Waals surface area contributed by atoms with Gasteiger partial charge in [0.1, 0.15) is 0 Å². The smallest absolute Gasteiger partial charge is 0.248 e. The van der Waals surface area contributed by atoms with Crippen LogP contribution in [0.15, 0.2) is 11.6 Å². The first-order chi connectivity index (χ1) is 3.84. The number of hydrogen-bond donors (Lipinski definition) is 2. The quantitative estimate of drug-likeness (QED) is 0.478. The van der Waals surface area contributed by atoms with Crippen LogP contribution in [-0.4, -0.2) is 18.2 Å². The molecule has 0 saturated heterocycles. The maximum atomic E-state index is 10.6. The highest BCUT2D eigenvalue weighted by atomic mass is 32.1. The van der Waals surface area contributed by atoms with E-state index in [4.69, 9.17) is 0 Å². The third kappa shape index (κ3) is 0.865. The van der Waals surface area contributed by atoms with Crippen molar-refractivity contribution in [3.8, 4) is 0 Å². The molecule has 0 aromatic carbocycles. The van der Waals surface area contributed by atoms with Gasteiger partial charge in [-0.2, -0.15) is 12.6 Å². The molecule has 0 radical (unpaired) electrons. The number of carbonyl (C=O) groups is 1. The molecule has 0 aromatic rings. The molecule has 1 heterocycles. The van der Waals surface area contributed by atoms with Crippen LogP contribution in [0.25, 0.3) is 0 Å². The van der Waals surface area contributed by atoms with Gasteiger partial charge in [0.05, 0.1) is 0 Å². The molecule has 1 rings (SSSR count). The van der Waals surface area contributed by atoms with E-state index in [9.17, 15) is 4.79 Å². The molecule has 0 aromatic heterocycles. The van der Waals surface area contributed by atoms with E-state index in [2.05, 4.69) is 17.9 Å². The Morgan fingerprint density at radius 2 is 2.62 bits per heavy atom. The third-order valence-corrected chi connectivity index (χ3v) is 1.41. The lowest BCUT2D eigenvalue weighted by atomic mass is 10.3. The SMILES string of the molecule is O=C1NCC=C1CS. The fraction of sp³-hybridized carbons (Fsp3) is 0.400. The molecule has 2 nitrogen and oxygen atoms in total. The lowest BCUT2D eigenvalue weighted by molar-refractivity contribution is -0.116. The van der Waals surface area contributed by atoms with Crippen molar-refractivity contribution in [3.63, 3.8) is 0 Å². The van der Waals surface area contributed by atoms with Crippen molar-refractivity contribution in [1.82, 2.24) is 5.32 Å². The minimum Gasteiger partial charge on any atom is -0.349 e. The monoisotopic (exact) mass is 129 g/mol. The Balaban J connectivity index is 2.62. The topological polar surface area (TPSA) is 29.1 Å². The van der Waals surface area contributed by atoms with Crippen molar-refractivity contribution in [1.29, 1.82) is 0 Å². The first-order valence-electron chi connectivity index (χ1n) is 2.42. The van der Waals surface area contributed by atoms with Gasteiger partial charge in [0, 0.05) is 17.9 Å². The van der Waals surface area contributed by atoms with E-state index >= 15 is 0 Å². The van der Waals surface area contributed by atoms with Gasteiger partial charge in [-0.15, -0.1) is 0 Å². The fourth-order valence-electron chi connectivity index (χ4n) is 0.610. The Morgan fingerprint density at radius 3 is 2.88 bits per heavy atom. The Kier molecular flexibility index (Phi) is 1.58. The van der Waals surface area contributed by atoms with Crippen molar-refractivity contribution in [2.45, 2.75) is 0 Å². The third-order valence-electron chi connectivity index (χ3n) is 1.07. The van der Waals surface area contributed by atoms with Crippen LogP contribution in [0.2, 0.25) is 0 Å². The Hall–Kier alpha value is -0.440. The first-order valence-corrected chi connectivity index (χ1v) is 3.06. The Bertz CT molecular complexity index is 141. The average molecular weight is 129 g/mol. The molecule has 1 aliphatic heterocycles. The van der Waals surface area contributed by atoms with Gasteiger partial charge in [-0.25, -0.2) is 0 Å². The molecule has 44 valence electrons. The van der Waals surface area contributed by atoms with Gasteiger partial charge < -0.3 is 5.32 Å². The predicted octanol–water partition coefficient (Wildman–Crippen LogP) is -0.0276. The molecule has 0 spiro atoms. The highest BCUT2D eigenvalue weighted by Crippen LogP contribution is 2.01. The van der Waals surface area contributed by atoms with Crippen LogP contribution in [0.5, 0.6) is 0 Å². The van der Waals surface area contributed by atoms with Gasteiger partial charge in [0.25, 0.3) is 0 Å². The number of amides is 1. The summed E-state index contributed by atoms with van der Waals surface area (Å²) in [7, 11) is 0. The van der Waals surface area contributed by atoms with E-state index in [-0.39, 0.29) is 5.91 Å². The zero-order chi connectivity index (χ0) is 5.98. The molecule has 0 atom stereocenters. The van der Waals surface area contributed by atoms with Crippen LogP contribution in [0, 0.1) is 0 Å². The molecule has 0 bridgehead atoms. The maximum absolute atomic E-state index is 10.6. The van der Waals surface area contributed by atoms with Crippen LogP contribution in [0.1, 0.15) is 0 Å². The molecule has 1 amide bonds. The lowest BCUT2D eigenvalue weighted by Gasteiger charge is -1.90. The van der Waals surface area contributed by atoms with Gasteiger partial charge in [0.15, 0.2) is 0 Å². The van der Waals surface area contributed by atoms with Crippen molar-refractivity contribution in [2.75, 3.05) is 12.3 Å². The number of thiol groups is 1. The summed E-state index contributed by atoms with van der Waals surface area (Å²) in [4.78, 5) is 10.6. The van der Waals surface area contributed by atoms with E-state index in [0.29, 0.717) is 12.3 Å². The maximum Gasteiger partial charge on any atom is 0.248 e. The predicted molar refractivity (Wildman–Crippen MR) is 34.9 cm³/mol. The highest BCUT2D eigenvalue weighted by Gasteiger charge is 2.10. The summed E-state index contributed by atoms with van der Waals surface area (Å²) in [5.41, 5.74) is 0.785. The van der Waals surface area contributed by atoms with Crippen molar-refractivity contribution >= 4 is 18.5 Å². The molecule has 3 heteroatoms. The molecular weight excluding hydrogens is 122 g/mol. The molecule has 0 saturated carbocycles. The first kappa shape index (κ1) is 5.69. The van der Waals surface area contributed by atoms with E-state index < -0.39 is 0 Å². The molecular formula is C5H7NOS. The fourth-order valence-corrected chi connectivity index (χ4v) is 0.882. The second kappa shape index (κ2) is 2.22. The van der Waals surface area contributed by atoms with Crippen LogP contribution < -0.4 is 5.32 Å². The summed E-state index contributed by atoms with van der Waals surface area (Å²) < 4.78 is 0. The zero-order valence-electron chi connectivity index (χ0n) is 4.35. The van der Waals surface area contributed by atoms with Gasteiger partial charge in [-0.3, -0.25) is 4.79 Å². The average Bonchev–Trinajstić information content (AvgIpc) is 2.14. The van der Waals surface area contributed by atoms with Gasteiger partial charge in [-0.1, -0.05) is 6.08 Å². The van der Waals surface area contributed by atoms with Crippen LogP contribution in [0.4, 0.5) is 0 Å². The second-order valence-corrected chi connectivity index (χ2v) is 1.91. The van der Waals surface area contributed by atoms with E-state index in [1.165, 1.54) is 0 Å². The van der Waals surface area contributed by atoms with Crippen LogP contribution in [0.3, 0.4) is 0 Å². The van der Waals surface area contributed by atoms with Crippen molar-refractivity contribution in [3.05, 3.63) is 11.6 Å².